The zero-order valence-corrected chi connectivity index (χ0v) is 9.33. The molecule has 0 amide bonds. The normalized spacial score (nSPS) is 9.77. The van der Waals surface area contributed by atoms with Gasteiger partial charge < -0.3 is 11.1 Å². The molecule has 0 heterocycles. The van der Waals surface area contributed by atoms with E-state index in [4.69, 9.17) is 5.73 Å². The molecule has 1 aromatic carbocycles. The Morgan fingerprint density at radius 3 is 2.77 bits per heavy atom. The van der Waals surface area contributed by atoms with Crippen LogP contribution in [0.3, 0.4) is 0 Å². The van der Waals surface area contributed by atoms with Crippen molar-refractivity contribution in [2.24, 2.45) is 10.9 Å². The van der Waals surface area contributed by atoms with Crippen molar-refractivity contribution in [2.75, 3.05) is 12.4 Å². The topological polar surface area (TPSA) is 67.5 Å². The minimum absolute atomic E-state index is 0.398. The number of hydrogen-bond donors (Lipinski definition) is 2. The van der Waals surface area contributed by atoms with Crippen LogP contribution in [-0.4, -0.2) is 7.05 Å². The highest BCUT2D eigenvalue weighted by molar-refractivity contribution is 14.1. The van der Waals surface area contributed by atoms with Gasteiger partial charge in [-0.25, -0.2) is 0 Å². The largest absolute Gasteiger partial charge is 0.387 e. The van der Waals surface area contributed by atoms with Crippen LogP contribution < -0.4 is 11.1 Å². The van der Waals surface area contributed by atoms with Gasteiger partial charge in [-0.05, 0) is 45.5 Å². The molecule has 3 N–H and O–H groups in total. The molecule has 0 aliphatic carbocycles. The number of nitroso groups, excluding NO2 is 1. The summed E-state index contributed by atoms with van der Waals surface area (Å²) < 4.78 is 0.956. The van der Waals surface area contributed by atoms with Gasteiger partial charge in [-0.3, -0.25) is 0 Å². The minimum Gasteiger partial charge on any atom is -0.387 e. The number of hydrogen-bond acceptors (Lipinski definition) is 4. The predicted molar refractivity (Wildman–Crippen MR) is 62.1 cm³/mol. The van der Waals surface area contributed by atoms with Crippen LogP contribution in [-0.2, 0) is 6.54 Å². The predicted octanol–water partition coefficient (Wildman–Crippen LogP) is 2.19. The standard InChI is InChI=1S/C8H10IN3O/c1-11-8-5(4-10)2-6(12-13)3-7(8)9/h2-3,11H,4,10H2,1H3. The van der Waals surface area contributed by atoms with Crippen LogP contribution in [0.5, 0.6) is 0 Å². The molecular formula is C8H10IN3O. The van der Waals surface area contributed by atoms with Crippen LogP contribution in [0.15, 0.2) is 17.3 Å². The van der Waals surface area contributed by atoms with Gasteiger partial charge >= 0.3 is 0 Å². The summed E-state index contributed by atoms with van der Waals surface area (Å²) in [6.45, 7) is 0.398. The Labute approximate surface area is 90.0 Å². The van der Waals surface area contributed by atoms with Gasteiger partial charge in [0.05, 0.1) is 5.69 Å². The van der Waals surface area contributed by atoms with Gasteiger partial charge in [0.25, 0.3) is 0 Å². The van der Waals surface area contributed by atoms with Crippen molar-refractivity contribution in [3.63, 3.8) is 0 Å². The van der Waals surface area contributed by atoms with E-state index in [1.54, 1.807) is 12.1 Å². The molecule has 1 aromatic rings. The summed E-state index contributed by atoms with van der Waals surface area (Å²) in [5, 5.41) is 5.91. The summed E-state index contributed by atoms with van der Waals surface area (Å²) in [4.78, 5) is 10.3. The maximum absolute atomic E-state index is 10.3. The summed E-state index contributed by atoms with van der Waals surface area (Å²) in [7, 11) is 1.82. The fourth-order valence-corrected chi connectivity index (χ4v) is 2.08. The Morgan fingerprint density at radius 1 is 1.62 bits per heavy atom. The fraction of sp³-hybridized carbons (Fsp3) is 0.250. The molecule has 1 rings (SSSR count). The van der Waals surface area contributed by atoms with Crippen LogP contribution >= 0.6 is 22.6 Å². The zero-order valence-electron chi connectivity index (χ0n) is 7.17. The molecule has 4 nitrogen and oxygen atoms in total. The summed E-state index contributed by atoms with van der Waals surface area (Å²) in [5.74, 6) is 0. The van der Waals surface area contributed by atoms with E-state index in [2.05, 4.69) is 33.1 Å². The molecule has 13 heavy (non-hydrogen) atoms. The van der Waals surface area contributed by atoms with Gasteiger partial charge in [0.2, 0.25) is 0 Å². The van der Waals surface area contributed by atoms with E-state index in [-0.39, 0.29) is 0 Å². The molecule has 0 radical (unpaired) electrons. The molecule has 5 heteroatoms. The van der Waals surface area contributed by atoms with Crippen molar-refractivity contribution >= 4 is 34.0 Å². The molecule has 0 saturated heterocycles. The number of nitrogens with two attached hydrogens (primary N) is 1. The smallest absolute Gasteiger partial charge is 0.109 e. The Bertz CT molecular complexity index is 327. The van der Waals surface area contributed by atoms with Gasteiger partial charge in [-0.15, -0.1) is 4.91 Å². The van der Waals surface area contributed by atoms with E-state index in [1.807, 2.05) is 7.05 Å². The molecule has 70 valence electrons. The number of halogens is 1. The Morgan fingerprint density at radius 2 is 2.31 bits per heavy atom. The first-order valence-corrected chi connectivity index (χ1v) is 4.84. The van der Waals surface area contributed by atoms with E-state index in [9.17, 15) is 4.91 Å². The second kappa shape index (κ2) is 4.52. The SMILES string of the molecule is CNc1c(I)cc(N=O)cc1CN. The van der Waals surface area contributed by atoms with Crippen molar-refractivity contribution in [2.45, 2.75) is 6.54 Å². The second-order valence-electron chi connectivity index (χ2n) is 2.51. The van der Waals surface area contributed by atoms with Crippen LogP contribution in [0.2, 0.25) is 0 Å². The highest BCUT2D eigenvalue weighted by Crippen LogP contribution is 2.28. The monoisotopic (exact) mass is 291 g/mol. The fourth-order valence-electron chi connectivity index (χ4n) is 1.14. The number of anilines is 1. The van der Waals surface area contributed by atoms with Crippen molar-refractivity contribution in [1.29, 1.82) is 0 Å². The van der Waals surface area contributed by atoms with Gasteiger partial charge in [-0.2, -0.15) is 0 Å². The number of rotatable bonds is 3. The maximum Gasteiger partial charge on any atom is 0.109 e. The lowest BCUT2D eigenvalue weighted by molar-refractivity contribution is 1.07. The molecule has 0 aliphatic heterocycles. The van der Waals surface area contributed by atoms with E-state index >= 15 is 0 Å². The third-order valence-electron chi connectivity index (χ3n) is 1.73. The van der Waals surface area contributed by atoms with Crippen LogP contribution in [0.25, 0.3) is 0 Å². The molecular weight excluding hydrogens is 281 g/mol. The maximum atomic E-state index is 10.3. The highest BCUT2D eigenvalue weighted by atomic mass is 127. The van der Waals surface area contributed by atoms with E-state index in [0.29, 0.717) is 12.2 Å². The Hall–Kier alpha value is -0.690. The summed E-state index contributed by atoms with van der Waals surface area (Å²) in [6, 6.07) is 3.42. The minimum atomic E-state index is 0.398. The van der Waals surface area contributed by atoms with Crippen molar-refractivity contribution < 1.29 is 0 Å². The first kappa shape index (κ1) is 10.4. The van der Waals surface area contributed by atoms with Crippen molar-refractivity contribution in [3.8, 4) is 0 Å². The zero-order chi connectivity index (χ0) is 9.84. The van der Waals surface area contributed by atoms with Gasteiger partial charge in [0.15, 0.2) is 0 Å². The lowest BCUT2D eigenvalue weighted by atomic mass is 10.1. The lowest BCUT2D eigenvalue weighted by Crippen LogP contribution is -2.03. The van der Waals surface area contributed by atoms with Gasteiger partial charge in [-0.1, -0.05) is 0 Å². The number of nitrogens with zero attached hydrogens (tertiary/aromatic N) is 1. The molecule has 0 atom stereocenters. The Kier molecular flexibility index (Phi) is 3.61. The van der Waals surface area contributed by atoms with Crippen LogP contribution in [0.4, 0.5) is 11.4 Å². The third-order valence-corrected chi connectivity index (χ3v) is 2.58. The average molecular weight is 291 g/mol. The van der Waals surface area contributed by atoms with E-state index in [1.165, 1.54) is 0 Å². The van der Waals surface area contributed by atoms with Crippen molar-refractivity contribution in [3.05, 3.63) is 26.2 Å². The molecule has 0 saturated carbocycles. The van der Waals surface area contributed by atoms with Gasteiger partial charge in [0.1, 0.15) is 5.69 Å². The third kappa shape index (κ3) is 2.16. The molecule has 0 fully saturated rings. The van der Waals surface area contributed by atoms with Crippen LogP contribution in [0.1, 0.15) is 5.56 Å². The van der Waals surface area contributed by atoms with Crippen molar-refractivity contribution in [1.82, 2.24) is 0 Å². The van der Waals surface area contributed by atoms with Gasteiger partial charge in [0, 0.05) is 17.2 Å². The lowest BCUT2D eigenvalue weighted by Gasteiger charge is -2.09. The first-order valence-electron chi connectivity index (χ1n) is 3.76. The quantitative estimate of drug-likeness (QED) is 0.662. The van der Waals surface area contributed by atoms with E-state index < -0.39 is 0 Å². The summed E-state index contributed by atoms with van der Waals surface area (Å²) >= 11 is 2.14. The summed E-state index contributed by atoms with van der Waals surface area (Å²) in [6.07, 6.45) is 0. The Balaban J connectivity index is 3.28. The first-order chi connectivity index (χ1) is 6.22. The van der Waals surface area contributed by atoms with Crippen LogP contribution in [0, 0.1) is 8.48 Å². The molecule has 0 bridgehead atoms. The molecule has 0 aromatic heterocycles. The highest BCUT2D eigenvalue weighted by Gasteiger charge is 2.06. The second-order valence-corrected chi connectivity index (χ2v) is 3.67. The molecule has 0 aliphatic rings. The number of nitrogens with one attached hydrogen (secondary N) is 1. The summed E-state index contributed by atoms with van der Waals surface area (Å²) in [5.41, 5.74) is 7.83. The number of benzene rings is 1. The average Bonchev–Trinajstić information content (AvgIpc) is 2.16. The van der Waals surface area contributed by atoms with E-state index in [0.717, 1.165) is 14.8 Å². The molecule has 0 unspecified atom stereocenters. The molecule has 0 spiro atoms.